The fourth-order valence-corrected chi connectivity index (χ4v) is 2.72. The third kappa shape index (κ3) is 3.36. The van der Waals surface area contributed by atoms with E-state index in [0.29, 0.717) is 25.1 Å². The molecule has 1 aliphatic heterocycles. The summed E-state index contributed by atoms with van der Waals surface area (Å²) in [6, 6.07) is 1.24. The number of carbonyl (C=O) groups is 2. The molecule has 1 aromatic rings. The fraction of sp³-hybridized carbons (Fsp3) is 0.500. The lowest BCUT2D eigenvalue weighted by Gasteiger charge is -2.34. The van der Waals surface area contributed by atoms with Gasteiger partial charge in [0.15, 0.2) is 0 Å². The van der Waals surface area contributed by atoms with Crippen molar-refractivity contribution in [1.29, 1.82) is 0 Å². The molecule has 1 aliphatic rings. The Kier molecular flexibility index (Phi) is 5.11. The van der Waals surface area contributed by atoms with E-state index in [0.717, 1.165) is 17.3 Å². The van der Waals surface area contributed by atoms with Gasteiger partial charge in [-0.1, -0.05) is 0 Å². The maximum absolute atomic E-state index is 12.5. The number of halogens is 1. The summed E-state index contributed by atoms with van der Waals surface area (Å²) < 4.78 is 5.81. The van der Waals surface area contributed by atoms with E-state index in [1.54, 1.807) is 24.1 Å². The molecule has 5 nitrogen and oxygen atoms in total. The standard InChI is InChI=1S/C14H17BrN2O3/c1-2-20-14(19)12-5-3-4-6-17(12)13(18)10-7-11(15)9-16-8-10/h7-9,12H,2-6H2,1H3. The number of piperidine rings is 1. The highest BCUT2D eigenvalue weighted by atomic mass is 79.9. The van der Waals surface area contributed by atoms with Gasteiger partial charge in [-0.05, 0) is 48.2 Å². The SMILES string of the molecule is CCOC(=O)C1CCCCN1C(=O)c1cncc(Br)c1. The minimum absolute atomic E-state index is 0.170. The zero-order valence-electron chi connectivity index (χ0n) is 11.3. The third-order valence-corrected chi connectivity index (χ3v) is 3.71. The second-order valence-corrected chi connectivity index (χ2v) is 5.57. The second-order valence-electron chi connectivity index (χ2n) is 4.65. The minimum Gasteiger partial charge on any atom is -0.464 e. The zero-order chi connectivity index (χ0) is 14.5. The molecule has 2 rings (SSSR count). The van der Waals surface area contributed by atoms with E-state index in [9.17, 15) is 9.59 Å². The van der Waals surface area contributed by atoms with Crippen LogP contribution in [-0.2, 0) is 9.53 Å². The van der Waals surface area contributed by atoms with Crippen LogP contribution in [0.2, 0.25) is 0 Å². The number of ether oxygens (including phenoxy) is 1. The lowest BCUT2D eigenvalue weighted by molar-refractivity contribution is -0.149. The second kappa shape index (κ2) is 6.83. The lowest BCUT2D eigenvalue weighted by atomic mass is 10.0. The van der Waals surface area contributed by atoms with Gasteiger partial charge >= 0.3 is 5.97 Å². The monoisotopic (exact) mass is 340 g/mol. The van der Waals surface area contributed by atoms with Gasteiger partial charge in [0.1, 0.15) is 6.04 Å². The molecule has 1 unspecified atom stereocenters. The Bertz CT molecular complexity index is 507. The van der Waals surface area contributed by atoms with Gasteiger partial charge in [-0.3, -0.25) is 9.78 Å². The van der Waals surface area contributed by atoms with Crippen molar-refractivity contribution >= 4 is 27.8 Å². The third-order valence-electron chi connectivity index (χ3n) is 3.27. The number of nitrogens with zero attached hydrogens (tertiary/aromatic N) is 2. The van der Waals surface area contributed by atoms with E-state index < -0.39 is 6.04 Å². The van der Waals surface area contributed by atoms with Crippen LogP contribution in [-0.4, -0.2) is 41.0 Å². The molecule has 20 heavy (non-hydrogen) atoms. The molecule has 1 aromatic heterocycles. The van der Waals surface area contributed by atoms with E-state index in [-0.39, 0.29) is 11.9 Å². The van der Waals surface area contributed by atoms with Crippen LogP contribution in [0.5, 0.6) is 0 Å². The summed E-state index contributed by atoms with van der Waals surface area (Å²) in [6.07, 6.45) is 5.64. The van der Waals surface area contributed by atoms with Crippen LogP contribution < -0.4 is 0 Å². The highest BCUT2D eigenvalue weighted by molar-refractivity contribution is 9.10. The highest BCUT2D eigenvalue weighted by Gasteiger charge is 2.33. The molecular weight excluding hydrogens is 324 g/mol. The fourth-order valence-electron chi connectivity index (χ4n) is 2.35. The number of amides is 1. The van der Waals surface area contributed by atoms with Crippen LogP contribution >= 0.6 is 15.9 Å². The van der Waals surface area contributed by atoms with E-state index >= 15 is 0 Å². The van der Waals surface area contributed by atoms with Crippen molar-refractivity contribution in [3.05, 3.63) is 28.5 Å². The van der Waals surface area contributed by atoms with Crippen molar-refractivity contribution in [2.24, 2.45) is 0 Å². The first-order valence-electron chi connectivity index (χ1n) is 6.71. The largest absolute Gasteiger partial charge is 0.464 e. The van der Waals surface area contributed by atoms with Gasteiger partial charge in [0, 0.05) is 23.4 Å². The molecule has 1 fully saturated rings. The summed E-state index contributed by atoms with van der Waals surface area (Å²) in [5.74, 6) is -0.486. The molecule has 2 heterocycles. The topological polar surface area (TPSA) is 59.5 Å². The maximum atomic E-state index is 12.5. The number of likely N-dealkylation sites (tertiary alicyclic amines) is 1. The molecule has 1 amide bonds. The van der Waals surface area contributed by atoms with Crippen molar-refractivity contribution < 1.29 is 14.3 Å². The molecule has 0 aromatic carbocycles. The number of aromatic nitrogens is 1. The number of rotatable bonds is 3. The molecule has 108 valence electrons. The smallest absolute Gasteiger partial charge is 0.328 e. The summed E-state index contributed by atoms with van der Waals surface area (Å²) in [5.41, 5.74) is 0.482. The van der Waals surface area contributed by atoms with E-state index in [4.69, 9.17) is 4.74 Å². The Balaban J connectivity index is 2.19. The summed E-state index contributed by atoms with van der Waals surface area (Å²) >= 11 is 3.30. The van der Waals surface area contributed by atoms with Gasteiger partial charge in [0.05, 0.1) is 12.2 Å². The summed E-state index contributed by atoms with van der Waals surface area (Å²) in [4.78, 5) is 30.1. The van der Waals surface area contributed by atoms with Gasteiger partial charge in [0.25, 0.3) is 5.91 Å². The van der Waals surface area contributed by atoms with Gasteiger partial charge in [-0.25, -0.2) is 4.79 Å². The van der Waals surface area contributed by atoms with Crippen molar-refractivity contribution in [2.45, 2.75) is 32.2 Å². The van der Waals surface area contributed by atoms with Crippen LogP contribution in [0.3, 0.4) is 0 Å². The van der Waals surface area contributed by atoms with Crippen LogP contribution in [0, 0.1) is 0 Å². The van der Waals surface area contributed by atoms with Gasteiger partial charge in [-0.2, -0.15) is 0 Å². The van der Waals surface area contributed by atoms with Crippen molar-refractivity contribution in [2.75, 3.05) is 13.2 Å². The Morgan fingerprint density at radius 2 is 2.25 bits per heavy atom. The number of pyridine rings is 1. The molecule has 0 radical (unpaired) electrons. The average Bonchev–Trinajstić information content (AvgIpc) is 2.47. The Morgan fingerprint density at radius 3 is 2.95 bits per heavy atom. The van der Waals surface area contributed by atoms with Gasteiger partial charge in [0.2, 0.25) is 0 Å². The zero-order valence-corrected chi connectivity index (χ0v) is 12.9. The lowest BCUT2D eigenvalue weighted by Crippen LogP contribution is -2.48. The van der Waals surface area contributed by atoms with Gasteiger partial charge in [-0.15, -0.1) is 0 Å². The summed E-state index contributed by atoms with van der Waals surface area (Å²) in [7, 11) is 0. The van der Waals surface area contributed by atoms with Crippen molar-refractivity contribution in [1.82, 2.24) is 9.88 Å². The minimum atomic E-state index is -0.477. The first-order valence-corrected chi connectivity index (χ1v) is 7.51. The molecule has 0 spiro atoms. The predicted octanol–water partition coefficient (Wildman–Crippen LogP) is 2.40. The molecule has 6 heteroatoms. The molecule has 0 N–H and O–H groups in total. The van der Waals surface area contributed by atoms with E-state index in [2.05, 4.69) is 20.9 Å². The summed E-state index contributed by atoms with van der Waals surface area (Å²) in [6.45, 7) is 2.68. The van der Waals surface area contributed by atoms with E-state index in [1.807, 2.05) is 0 Å². The first kappa shape index (κ1) is 15.0. The molecule has 0 bridgehead atoms. The molecular formula is C14H17BrN2O3. The van der Waals surface area contributed by atoms with Crippen LogP contribution in [0.4, 0.5) is 0 Å². The maximum Gasteiger partial charge on any atom is 0.328 e. The number of esters is 1. The molecule has 1 saturated heterocycles. The quantitative estimate of drug-likeness (QED) is 0.792. The van der Waals surface area contributed by atoms with Crippen LogP contribution in [0.1, 0.15) is 36.5 Å². The Morgan fingerprint density at radius 1 is 1.45 bits per heavy atom. The van der Waals surface area contributed by atoms with Crippen molar-refractivity contribution in [3.8, 4) is 0 Å². The van der Waals surface area contributed by atoms with Crippen molar-refractivity contribution in [3.63, 3.8) is 0 Å². The summed E-state index contributed by atoms with van der Waals surface area (Å²) in [5, 5.41) is 0. The number of carbonyl (C=O) groups excluding carboxylic acids is 2. The molecule has 1 atom stereocenters. The average molecular weight is 341 g/mol. The molecule has 0 saturated carbocycles. The Labute approximate surface area is 126 Å². The highest BCUT2D eigenvalue weighted by Crippen LogP contribution is 2.21. The van der Waals surface area contributed by atoms with E-state index in [1.165, 1.54) is 6.20 Å². The first-order chi connectivity index (χ1) is 9.63. The number of hydrogen-bond donors (Lipinski definition) is 0. The Hall–Kier alpha value is -1.43. The van der Waals surface area contributed by atoms with Gasteiger partial charge < -0.3 is 9.64 Å². The normalized spacial score (nSPS) is 18.7. The number of hydrogen-bond acceptors (Lipinski definition) is 4. The predicted molar refractivity (Wildman–Crippen MR) is 77.2 cm³/mol. The van der Waals surface area contributed by atoms with Crippen LogP contribution in [0.25, 0.3) is 0 Å². The molecule has 0 aliphatic carbocycles. The van der Waals surface area contributed by atoms with Crippen LogP contribution in [0.15, 0.2) is 22.9 Å².